The van der Waals surface area contributed by atoms with E-state index in [1.54, 1.807) is 7.11 Å². The van der Waals surface area contributed by atoms with E-state index in [1.807, 2.05) is 32.3 Å². The van der Waals surface area contributed by atoms with Gasteiger partial charge in [0, 0.05) is 46.0 Å². The number of benzene rings is 1. The first-order chi connectivity index (χ1) is 11.2. The Morgan fingerprint density at radius 3 is 2.83 bits per heavy atom. The van der Waals surface area contributed by atoms with Crippen molar-refractivity contribution in [1.29, 1.82) is 0 Å². The minimum Gasteiger partial charge on any atom is -0.496 e. The van der Waals surface area contributed by atoms with Crippen LogP contribution in [0.2, 0.25) is 0 Å². The lowest BCUT2D eigenvalue weighted by Crippen LogP contribution is -2.39. The highest BCUT2D eigenvalue weighted by Crippen LogP contribution is 2.28. The number of hydrogen-bond donors (Lipinski definition) is 1. The van der Waals surface area contributed by atoms with Gasteiger partial charge in [0.25, 0.3) is 0 Å². The summed E-state index contributed by atoms with van der Waals surface area (Å²) in [4.78, 5) is 6.45. The van der Waals surface area contributed by atoms with Gasteiger partial charge in [0.05, 0.1) is 7.11 Å². The van der Waals surface area contributed by atoms with Gasteiger partial charge in [0.15, 0.2) is 5.96 Å². The van der Waals surface area contributed by atoms with Crippen LogP contribution in [0.3, 0.4) is 0 Å². The van der Waals surface area contributed by atoms with Crippen LogP contribution in [0.5, 0.6) is 5.75 Å². The van der Waals surface area contributed by atoms with Crippen molar-refractivity contribution in [2.24, 2.45) is 10.9 Å². The van der Waals surface area contributed by atoms with Crippen LogP contribution in [0, 0.1) is 5.92 Å². The van der Waals surface area contributed by atoms with Crippen LogP contribution in [0.25, 0.3) is 0 Å². The normalized spacial score (nSPS) is 14.7. The summed E-state index contributed by atoms with van der Waals surface area (Å²) in [6.45, 7) is 3.37. The Hall–Kier alpha value is -1.75. The third-order valence-corrected chi connectivity index (χ3v) is 3.97. The van der Waals surface area contributed by atoms with Gasteiger partial charge in [-0.2, -0.15) is 0 Å². The zero-order chi connectivity index (χ0) is 16.5. The van der Waals surface area contributed by atoms with Crippen molar-refractivity contribution in [2.45, 2.75) is 25.8 Å². The van der Waals surface area contributed by atoms with E-state index in [0.29, 0.717) is 0 Å². The quantitative estimate of drug-likeness (QED) is 0.432. The number of aliphatic imine (C=N–C) groups is 1. The zero-order valence-electron chi connectivity index (χ0n) is 14.5. The maximum absolute atomic E-state index is 5.65. The molecule has 5 heteroatoms. The Morgan fingerprint density at radius 2 is 2.13 bits per heavy atom. The van der Waals surface area contributed by atoms with Gasteiger partial charge in [0.2, 0.25) is 0 Å². The Bertz CT molecular complexity index is 501. The lowest BCUT2D eigenvalue weighted by molar-refractivity contribution is 0.122. The molecular weight excluding hydrogens is 290 g/mol. The maximum Gasteiger partial charge on any atom is 0.193 e. The summed E-state index contributed by atoms with van der Waals surface area (Å²) >= 11 is 0. The lowest BCUT2D eigenvalue weighted by atomic mass is 10.2. The molecule has 1 aliphatic rings. The van der Waals surface area contributed by atoms with E-state index in [9.17, 15) is 0 Å². The van der Waals surface area contributed by atoms with Crippen LogP contribution in [-0.4, -0.2) is 51.8 Å². The van der Waals surface area contributed by atoms with Gasteiger partial charge in [-0.25, -0.2) is 0 Å². The van der Waals surface area contributed by atoms with E-state index in [4.69, 9.17) is 9.47 Å². The first-order valence-electron chi connectivity index (χ1n) is 8.36. The first kappa shape index (κ1) is 17.6. The van der Waals surface area contributed by atoms with Gasteiger partial charge in [0.1, 0.15) is 5.75 Å². The predicted molar refractivity (Wildman–Crippen MR) is 94.0 cm³/mol. The highest BCUT2D eigenvalue weighted by molar-refractivity contribution is 5.79. The van der Waals surface area contributed by atoms with E-state index in [-0.39, 0.29) is 0 Å². The number of rotatable bonds is 9. The largest absolute Gasteiger partial charge is 0.496 e. The molecule has 1 fully saturated rings. The molecule has 0 aliphatic heterocycles. The number of ether oxygens (including phenoxy) is 2. The van der Waals surface area contributed by atoms with E-state index >= 15 is 0 Å². The van der Waals surface area contributed by atoms with Crippen LogP contribution in [0.1, 0.15) is 24.8 Å². The number of hydrogen-bond acceptors (Lipinski definition) is 3. The summed E-state index contributed by atoms with van der Waals surface area (Å²) in [5.41, 5.74) is 1.15. The molecule has 0 heterocycles. The minimum absolute atomic E-state index is 0.752. The standard InChI is InChI=1S/C18H29N3O2/c1-19-18(20-11-6-12-23-14-15-9-10-15)21(2)13-16-7-4-5-8-17(16)22-3/h4-5,7-8,15H,6,9-14H2,1-3H3,(H,19,20). The lowest BCUT2D eigenvalue weighted by Gasteiger charge is -2.23. The van der Waals surface area contributed by atoms with Gasteiger partial charge in [-0.05, 0) is 31.2 Å². The fourth-order valence-electron chi connectivity index (χ4n) is 2.46. The van der Waals surface area contributed by atoms with E-state index in [0.717, 1.165) is 55.9 Å². The minimum atomic E-state index is 0.752. The van der Waals surface area contributed by atoms with Gasteiger partial charge in [-0.15, -0.1) is 0 Å². The molecule has 1 N–H and O–H groups in total. The topological polar surface area (TPSA) is 46.1 Å². The van der Waals surface area contributed by atoms with Crippen molar-refractivity contribution in [2.75, 3.05) is 41.0 Å². The summed E-state index contributed by atoms with van der Waals surface area (Å²) < 4.78 is 11.1. The summed E-state index contributed by atoms with van der Waals surface area (Å²) in [5.74, 6) is 2.63. The molecule has 23 heavy (non-hydrogen) atoms. The molecule has 0 spiro atoms. The van der Waals surface area contributed by atoms with Gasteiger partial charge in [-0.3, -0.25) is 4.99 Å². The Balaban J connectivity index is 1.71. The molecule has 0 radical (unpaired) electrons. The van der Waals surface area contributed by atoms with Crippen LogP contribution < -0.4 is 10.1 Å². The Labute approximate surface area is 139 Å². The number of guanidine groups is 1. The molecule has 1 saturated carbocycles. The van der Waals surface area contributed by atoms with E-state index in [2.05, 4.69) is 21.3 Å². The van der Waals surface area contributed by atoms with Crippen LogP contribution >= 0.6 is 0 Å². The molecule has 128 valence electrons. The first-order valence-corrected chi connectivity index (χ1v) is 8.36. The number of methoxy groups -OCH3 is 1. The van der Waals surface area contributed by atoms with Gasteiger partial charge in [-0.1, -0.05) is 18.2 Å². The molecule has 1 aromatic rings. The monoisotopic (exact) mass is 319 g/mol. The second-order valence-corrected chi connectivity index (χ2v) is 6.01. The number of nitrogens with zero attached hydrogens (tertiary/aromatic N) is 2. The molecule has 0 saturated heterocycles. The van der Waals surface area contributed by atoms with Gasteiger partial charge < -0.3 is 19.7 Å². The highest BCUT2D eigenvalue weighted by Gasteiger charge is 2.20. The summed E-state index contributed by atoms with van der Waals surface area (Å²) in [7, 11) is 5.55. The zero-order valence-corrected chi connectivity index (χ0v) is 14.5. The second-order valence-electron chi connectivity index (χ2n) is 6.01. The molecule has 0 bridgehead atoms. The average Bonchev–Trinajstić information content (AvgIpc) is 3.39. The fourth-order valence-corrected chi connectivity index (χ4v) is 2.46. The second kappa shape index (κ2) is 9.40. The average molecular weight is 319 g/mol. The summed E-state index contributed by atoms with van der Waals surface area (Å²) in [6, 6.07) is 8.07. The van der Waals surface area contributed by atoms with Crippen LogP contribution in [-0.2, 0) is 11.3 Å². The highest BCUT2D eigenvalue weighted by atomic mass is 16.5. The van der Waals surface area contributed by atoms with Crippen LogP contribution in [0.15, 0.2) is 29.3 Å². The Morgan fingerprint density at radius 1 is 1.35 bits per heavy atom. The molecule has 5 nitrogen and oxygen atoms in total. The van der Waals surface area contributed by atoms with Crippen molar-refractivity contribution in [3.8, 4) is 5.75 Å². The molecule has 1 aromatic carbocycles. The van der Waals surface area contributed by atoms with Crippen molar-refractivity contribution >= 4 is 5.96 Å². The Kier molecular flexibility index (Phi) is 7.20. The molecule has 2 rings (SSSR count). The third kappa shape index (κ3) is 6.10. The van der Waals surface area contributed by atoms with E-state index in [1.165, 1.54) is 12.8 Å². The molecular formula is C18H29N3O2. The number of para-hydroxylation sites is 1. The smallest absolute Gasteiger partial charge is 0.193 e. The molecule has 0 amide bonds. The van der Waals surface area contributed by atoms with Crippen molar-refractivity contribution in [3.63, 3.8) is 0 Å². The molecule has 0 unspecified atom stereocenters. The predicted octanol–water partition coefficient (Wildman–Crippen LogP) is 2.52. The van der Waals surface area contributed by atoms with E-state index < -0.39 is 0 Å². The van der Waals surface area contributed by atoms with Crippen LogP contribution in [0.4, 0.5) is 0 Å². The molecule has 1 aliphatic carbocycles. The maximum atomic E-state index is 5.65. The summed E-state index contributed by atoms with van der Waals surface area (Å²) in [6.07, 6.45) is 3.69. The van der Waals surface area contributed by atoms with Crippen molar-refractivity contribution in [3.05, 3.63) is 29.8 Å². The van der Waals surface area contributed by atoms with Crippen molar-refractivity contribution in [1.82, 2.24) is 10.2 Å². The third-order valence-electron chi connectivity index (χ3n) is 3.97. The fraction of sp³-hybridized carbons (Fsp3) is 0.611. The van der Waals surface area contributed by atoms with Gasteiger partial charge >= 0.3 is 0 Å². The molecule has 0 atom stereocenters. The van der Waals surface area contributed by atoms with Crippen molar-refractivity contribution < 1.29 is 9.47 Å². The SMILES string of the molecule is CN=C(NCCCOCC1CC1)N(C)Cc1ccccc1OC. The molecule has 0 aromatic heterocycles. The summed E-state index contributed by atoms with van der Waals surface area (Å²) in [5, 5.41) is 3.39. The number of nitrogens with one attached hydrogen (secondary N) is 1.